The number of rotatable bonds is 3. The van der Waals surface area contributed by atoms with E-state index in [0.29, 0.717) is 5.92 Å². The summed E-state index contributed by atoms with van der Waals surface area (Å²) in [7, 11) is 0. The van der Waals surface area contributed by atoms with Crippen LogP contribution >= 0.6 is 11.6 Å². The number of fused-ring (bicyclic) bond motifs is 1. The zero-order valence-electron chi connectivity index (χ0n) is 12.5. The normalized spacial score (nSPS) is 19.1. The van der Waals surface area contributed by atoms with E-state index >= 15 is 0 Å². The zero-order chi connectivity index (χ0) is 14.8. The first-order valence-electron chi connectivity index (χ1n) is 7.74. The second-order valence-corrected chi connectivity index (χ2v) is 6.63. The van der Waals surface area contributed by atoms with Gasteiger partial charge in [-0.25, -0.2) is 0 Å². The molecule has 0 saturated heterocycles. The lowest BCUT2D eigenvalue weighted by Gasteiger charge is -2.28. The van der Waals surface area contributed by atoms with Crippen molar-refractivity contribution in [2.75, 3.05) is 0 Å². The van der Waals surface area contributed by atoms with Gasteiger partial charge in [-0.3, -0.25) is 0 Å². The molecule has 2 N–H and O–H groups in total. The van der Waals surface area contributed by atoms with E-state index in [0.717, 1.165) is 17.0 Å². The summed E-state index contributed by atoms with van der Waals surface area (Å²) in [4.78, 5) is 0. The Labute approximate surface area is 132 Å². The summed E-state index contributed by atoms with van der Waals surface area (Å²) in [6, 6.07) is 15.0. The average molecular weight is 300 g/mol. The molecule has 2 aromatic rings. The van der Waals surface area contributed by atoms with Crippen LogP contribution < -0.4 is 5.73 Å². The van der Waals surface area contributed by atoms with Crippen LogP contribution in [-0.4, -0.2) is 0 Å². The second-order valence-electron chi connectivity index (χ2n) is 6.19. The minimum Gasteiger partial charge on any atom is -0.324 e. The molecule has 2 aromatic carbocycles. The number of halogens is 1. The molecule has 1 nitrogen and oxygen atoms in total. The van der Waals surface area contributed by atoms with E-state index in [2.05, 4.69) is 37.3 Å². The lowest BCUT2D eigenvalue weighted by atomic mass is 9.79. The maximum Gasteiger partial charge on any atom is 0.0411 e. The summed E-state index contributed by atoms with van der Waals surface area (Å²) in [6.07, 6.45) is 4.71. The molecule has 0 aromatic heterocycles. The van der Waals surface area contributed by atoms with Crippen LogP contribution in [0.1, 0.15) is 53.5 Å². The van der Waals surface area contributed by atoms with E-state index in [-0.39, 0.29) is 6.04 Å². The van der Waals surface area contributed by atoms with Gasteiger partial charge in [-0.1, -0.05) is 41.9 Å². The van der Waals surface area contributed by atoms with Crippen molar-refractivity contribution in [2.45, 2.75) is 44.6 Å². The second kappa shape index (κ2) is 6.21. The Bertz CT molecular complexity index is 615. The quantitative estimate of drug-likeness (QED) is 0.832. The van der Waals surface area contributed by atoms with E-state index in [1.54, 1.807) is 0 Å². The topological polar surface area (TPSA) is 26.0 Å². The minimum absolute atomic E-state index is 0.0542. The molecule has 21 heavy (non-hydrogen) atoms. The van der Waals surface area contributed by atoms with Gasteiger partial charge in [0.05, 0.1) is 0 Å². The van der Waals surface area contributed by atoms with E-state index in [9.17, 15) is 0 Å². The van der Waals surface area contributed by atoms with Crippen molar-refractivity contribution < 1.29 is 0 Å². The highest BCUT2D eigenvalue weighted by molar-refractivity contribution is 6.30. The number of hydrogen-bond donors (Lipinski definition) is 1. The first kappa shape index (κ1) is 14.6. The average Bonchev–Trinajstić information content (AvgIpc) is 2.46. The molecule has 2 unspecified atom stereocenters. The number of benzene rings is 2. The summed E-state index contributed by atoms with van der Waals surface area (Å²) in [5.74, 6) is 0.573. The smallest absolute Gasteiger partial charge is 0.0411 e. The molecule has 110 valence electrons. The first-order chi connectivity index (χ1) is 10.1. The van der Waals surface area contributed by atoms with E-state index in [1.165, 1.54) is 36.0 Å². The highest BCUT2D eigenvalue weighted by Gasteiger charge is 2.22. The van der Waals surface area contributed by atoms with Crippen molar-refractivity contribution >= 4 is 11.6 Å². The van der Waals surface area contributed by atoms with Gasteiger partial charge >= 0.3 is 0 Å². The molecule has 0 bridgehead atoms. The van der Waals surface area contributed by atoms with E-state index in [4.69, 9.17) is 17.3 Å². The molecular weight excluding hydrogens is 278 g/mol. The van der Waals surface area contributed by atoms with Crippen LogP contribution in [0, 0.1) is 6.92 Å². The molecule has 0 spiro atoms. The molecular formula is C19H22ClN. The maximum atomic E-state index is 6.46. The van der Waals surface area contributed by atoms with Crippen LogP contribution in [0.25, 0.3) is 0 Å². The highest BCUT2D eigenvalue weighted by Crippen LogP contribution is 2.37. The van der Waals surface area contributed by atoms with Gasteiger partial charge in [0.15, 0.2) is 0 Å². The van der Waals surface area contributed by atoms with Crippen LogP contribution in [0.4, 0.5) is 0 Å². The molecule has 0 heterocycles. The molecule has 0 fully saturated rings. The van der Waals surface area contributed by atoms with Gasteiger partial charge in [0.2, 0.25) is 0 Å². The third-order valence-corrected chi connectivity index (χ3v) is 4.74. The van der Waals surface area contributed by atoms with Crippen molar-refractivity contribution in [3.63, 3.8) is 0 Å². The van der Waals surface area contributed by atoms with Gasteiger partial charge in [0.1, 0.15) is 0 Å². The van der Waals surface area contributed by atoms with Gasteiger partial charge in [-0.2, -0.15) is 0 Å². The molecule has 0 radical (unpaired) electrons. The van der Waals surface area contributed by atoms with Crippen LogP contribution in [0.2, 0.25) is 5.02 Å². The van der Waals surface area contributed by atoms with Crippen LogP contribution in [0.15, 0.2) is 42.5 Å². The van der Waals surface area contributed by atoms with Crippen LogP contribution in [0.5, 0.6) is 0 Å². The van der Waals surface area contributed by atoms with Crippen molar-refractivity contribution in [1.82, 2.24) is 0 Å². The number of aryl methyl sites for hydroxylation is 2. The van der Waals surface area contributed by atoms with E-state index < -0.39 is 0 Å². The minimum atomic E-state index is 0.0542. The largest absolute Gasteiger partial charge is 0.324 e. The van der Waals surface area contributed by atoms with Gasteiger partial charge in [-0.05, 0) is 72.9 Å². The first-order valence-corrected chi connectivity index (χ1v) is 8.12. The summed E-state index contributed by atoms with van der Waals surface area (Å²) in [5.41, 5.74) is 11.8. The Balaban J connectivity index is 1.81. The predicted octanol–water partition coefficient (Wildman–Crippen LogP) is 5.16. The third kappa shape index (κ3) is 3.30. The Hall–Kier alpha value is -1.31. The van der Waals surface area contributed by atoms with Crippen molar-refractivity contribution in [3.05, 3.63) is 69.7 Å². The van der Waals surface area contributed by atoms with Gasteiger partial charge in [0.25, 0.3) is 0 Å². The van der Waals surface area contributed by atoms with Gasteiger partial charge in [0, 0.05) is 11.1 Å². The lowest BCUT2D eigenvalue weighted by molar-refractivity contribution is 0.476. The van der Waals surface area contributed by atoms with Crippen molar-refractivity contribution in [3.8, 4) is 0 Å². The molecule has 3 rings (SSSR count). The van der Waals surface area contributed by atoms with Crippen LogP contribution in [-0.2, 0) is 6.42 Å². The summed E-state index contributed by atoms with van der Waals surface area (Å²) >= 11 is 6.16. The fraction of sp³-hybridized carbons (Fsp3) is 0.368. The summed E-state index contributed by atoms with van der Waals surface area (Å²) in [5, 5.41) is 0.782. The molecule has 0 amide bonds. The Morgan fingerprint density at radius 2 is 2.05 bits per heavy atom. The highest BCUT2D eigenvalue weighted by atomic mass is 35.5. The maximum absolute atomic E-state index is 6.46. The van der Waals surface area contributed by atoms with Crippen molar-refractivity contribution in [2.24, 2.45) is 5.73 Å². The fourth-order valence-corrected chi connectivity index (χ4v) is 3.82. The molecule has 1 aliphatic rings. The number of hydrogen-bond acceptors (Lipinski definition) is 1. The lowest BCUT2D eigenvalue weighted by Crippen LogP contribution is -2.18. The monoisotopic (exact) mass is 299 g/mol. The molecule has 0 aliphatic heterocycles. The Morgan fingerprint density at radius 1 is 1.24 bits per heavy atom. The van der Waals surface area contributed by atoms with Gasteiger partial charge < -0.3 is 5.73 Å². The zero-order valence-corrected chi connectivity index (χ0v) is 13.2. The summed E-state index contributed by atoms with van der Waals surface area (Å²) in [6.45, 7) is 2.07. The molecule has 0 saturated carbocycles. The third-order valence-electron chi connectivity index (χ3n) is 4.52. The Kier molecular flexibility index (Phi) is 4.32. The number of nitrogens with two attached hydrogens (primary N) is 1. The van der Waals surface area contributed by atoms with E-state index in [1.807, 2.05) is 12.1 Å². The van der Waals surface area contributed by atoms with Crippen molar-refractivity contribution in [1.29, 1.82) is 0 Å². The molecule has 2 heteroatoms. The SMILES string of the molecule is Cc1cc(Cl)cc(C(N)CC2CCCc3ccccc32)c1. The molecule has 2 atom stereocenters. The molecule has 1 aliphatic carbocycles. The summed E-state index contributed by atoms with van der Waals surface area (Å²) < 4.78 is 0. The Morgan fingerprint density at radius 3 is 2.86 bits per heavy atom. The predicted molar refractivity (Wildman–Crippen MR) is 89.9 cm³/mol. The standard InChI is InChI=1S/C19H22ClN/c1-13-9-16(11-17(20)10-13)19(21)12-15-7-4-6-14-5-2-3-8-18(14)15/h2-3,5,8-11,15,19H,4,6-7,12,21H2,1H3. The van der Waals surface area contributed by atoms with Crippen LogP contribution in [0.3, 0.4) is 0 Å². The fourth-order valence-electron chi connectivity index (χ4n) is 3.52. The van der Waals surface area contributed by atoms with Gasteiger partial charge in [-0.15, -0.1) is 0 Å².